The first-order chi connectivity index (χ1) is 9.36. The number of carboxylic acid groups (broad SMARTS) is 1. The highest BCUT2D eigenvalue weighted by Gasteiger charge is 2.42. The van der Waals surface area contributed by atoms with E-state index in [1.807, 2.05) is 13.8 Å². The SMILES string of the molecule is CCC1C[C@H](C(=O)N(C)CCOC(C)C)[C@H](C(=O)O)C1. The van der Waals surface area contributed by atoms with Gasteiger partial charge in [-0.1, -0.05) is 13.3 Å². The molecule has 1 saturated carbocycles. The predicted molar refractivity (Wildman–Crippen MR) is 76.4 cm³/mol. The zero-order chi connectivity index (χ0) is 15.3. The Morgan fingerprint density at radius 1 is 1.30 bits per heavy atom. The third-order valence-electron chi connectivity index (χ3n) is 4.13. The van der Waals surface area contributed by atoms with Gasteiger partial charge in [0.25, 0.3) is 0 Å². The van der Waals surface area contributed by atoms with E-state index in [4.69, 9.17) is 4.74 Å². The Morgan fingerprint density at radius 2 is 1.90 bits per heavy atom. The van der Waals surface area contributed by atoms with Crippen LogP contribution in [0.4, 0.5) is 0 Å². The number of ether oxygens (including phenoxy) is 1. The van der Waals surface area contributed by atoms with Gasteiger partial charge in [0.2, 0.25) is 5.91 Å². The molecule has 5 nitrogen and oxygen atoms in total. The lowest BCUT2D eigenvalue weighted by Gasteiger charge is -2.23. The number of amides is 1. The van der Waals surface area contributed by atoms with Crippen LogP contribution in [0.3, 0.4) is 0 Å². The first-order valence-electron chi connectivity index (χ1n) is 7.46. The first-order valence-corrected chi connectivity index (χ1v) is 7.46. The highest BCUT2D eigenvalue weighted by molar-refractivity contribution is 5.85. The van der Waals surface area contributed by atoms with Crippen molar-refractivity contribution in [3.63, 3.8) is 0 Å². The Labute approximate surface area is 121 Å². The Morgan fingerprint density at radius 3 is 2.40 bits per heavy atom. The molecular weight excluding hydrogens is 258 g/mol. The lowest BCUT2D eigenvalue weighted by Crippen LogP contribution is -2.38. The van der Waals surface area contributed by atoms with Crippen molar-refractivity contribution in [2.24, 2.45) is 17.8 Å². The highest BCUT2D eigenvalue weighted by Crippen LogP contribution is 2.39. The van der Waals surface area contributed by atoms with E-state index in [0.717, 1.165) is 6.42 Å². The van der Waals surface area contributed by atoms with Crippen molar-refractivity contribution in [1.82, 2.24) is 4.90 Å². The van der Waals surface area contributed by atoms with Crippen LogP contribution in [0.1, 0.15) is 40.0 Å². The van der Waals surface area contributed by atoms with Crippen LogP contribution in [0.25, 0.3) is 0 Å². The van der Waals surface area contributed by atoms with Crippen molar-refractivity contribution >= 4 is 11.9 Å². The molecule has 1 amide bonds. The third kappa shape index (κ3) is 4.47. The number of carbonyl (C=O) groups is 2. The van der Waals surface area contributed by atoms with Gasteiger partial charge in [-0.3, -0.25) is 9.59 Å². The van der Waals surface area contributed by atoms with E-state index in [1.165, 1.54) is 0 Å². The van der Waals surface area contributed by atoms with Crippen molar-refractivity contribution in [2.45, 2.75) is 46.1 Å². The van der Waals surface area contributed by atoms with Crippen LogP contribution in [-0.2, 0) is 14.3 Å². The molecule has 0 saturated heterocycles. The van der Waals surface area contributed by atoms with Gasteiger partial charge >= 0.3 is 5.97 Å². The average molecular weight is 285 g/mol. The van der Waals surface area contributed by atoms with Crippen molar-refractivity contribution in [2.75, 3.05) is 20.2 Å². The van der Waals surface area contributed by atoms with E-state index in [-0.39, 0.29) is 17.9 Å². The maximum Gasteiger partial charge on any atom is 0.307 e. The largest absolute Gasteiger partial charge is 0.481 e. The lowest BCUT2D eigenvalue weighted by molar-refractivity contribution is -0.148. The van der Waals surface area contributed by atoms with Gasteiger partial charge in [-0.25, -0.2) is 0 Å². The zero-order valence-electron chi connectivity index (χ0n) is 13.0. The maximum atomic E-state index is 12.4. The number of aliphatic carboxylic acids is 1. The summed E-state index contributed by atoms with van der Waals surface area (Å²) in [5.41, 5.74) is 0. The average Bonchev–Trinajstić information content (AvgIpc) is 2.81. The summed E-state index contributed by atoms with van der Waals surface area (Å²) in [5.74, 6) is -1.44. The van der Waals surface area contributed by atoms with Crippen LogP contribution in [0.5, 0.6) is 0 Å². The molecule has 0 heterocycles. The van der Waals surface area contributed by atoms with Crippen LogP contribution in [-0.4, -0.2) is 48.2 Å². The van der Waals surface area contributed by atoms with E-state index in [9.17, 15) is 14.7 Å². The summed E-state index contributed by atoms with van der Waals surface area (Å²) in [5, 5.41) is 9.28. The molecule has 116 valence electrons. The van der Waals surface area contributed by atoms with Gasteiger partial charge in [0.05, 0.1) is 24.5 Å². The van der Waals surface area contributed by atoms with Crippen LogP contribution in [0.2, 0.25) is 0 Å². The number of carbonyl (C=O) groups excluding carboxylic acids is 1. The molecule has 0 aromatic rings. The molecule has 0 radical (unpaired) electrons. The van der Waals surface area contributed by atoms with E-state index in [1.54, 1.807) is 11.9 Å². The minimum Gasteiger partial charge on any atom is -0.481 e. The summed E-state index contributed by atoms with van der Waals surface area (Å²) in [7, 11) is 1.73. The molecule has 3 atom stereocenters. The van der Waals surface area contributed by atoms with Crippen molar-refractivity contribution in [3.8, 4) is 0 Å². The minimum absolute atomic E-state index is 0.0549. The van der Waals surface area contributed by atoms with Crippen molar-refractivity contribution < 1.29 is 19.4 Å². The Bertz CT molecular complexity index is 343. The van der Waals surface area contributed by atoms with Crippen LogP contribution < -0.4 is 0 Å². The molecule has 0 aromatic heterocycles. The molecule has 0 spiro atoms. The van der Waals surface area contributed by atoms with Crippen LogP contribution in [0, 0.1) is 17.8 Å². The second-order valence-electron chi connectivity index (χ2n) is 5.98. The molecular formula is C15H27NO4. The summed E-state index contributed by atoms with van der Waals surface area (Å²) >= 11 is 0. The monoisotopic (exact) mass is 285 g/mol. The molecule has 0 aliphatic heterocycles. The molecule has 20 heavy (non-hydrogen) atoms. The number of likely N-dealkylation sites (N-methyl/N-ethyl adjacent to an activating group) is 1. The topological polar surface area (TPSA) is 66.8 Å². The highest BCUT2D eigenvalue weighted by atomic mass is 16.5. The van der Waals surface area contributed by atoms with Gasteiger partial charge in [-0.05, 0) is 32.6 Å². The molecule has 1 aliphatic carbocycles. The number of rotatable bonds is 7. The maximum absolute atomic E-state index is 12.4. The summed E-state index contributed by atoms with van der Waals surface area (Å²) in [4.78, 5) is 25.3. The van der Waals surface area contributed by atoms with Gasteiger partial charge in [0.15, 0.2) is 0 Å². The van der Waals surface area contributed by atoms with Crippen LogP contribution >= 0.6 is 0 Å². The molecule has 1 N–H and O–H groups in total. The minimum atomic E-state index is -0.842. The summed E-state index contributed by atoms with van der Waals surface area (Å²) in [6.07, 6.45) is 2.40. The van der Waals surface area contributed by atoms with Gasteiger partial charge in [0, 0.05) is 13.6 Å². The van der Waals surface area contributed by atoms with E-state index < -0.39 is 11.9 Å². The second-order valence-corrected chi connectivity index (χ2v) is 5.98. The number of carboxylic acids is 1. The van der Waals surface area contributed by atoms with E-state index in [2.05, 4.69) is 6.92 Å². The van der Waals surface area contributed by atoms with Crippen molar-refractivity contribution in [1.29, 1.82) is 0 Å². The van der Waals surface area contributed by atoms with Crippen molar-refractivity contribution in [3.05, 3.63) is 0 Å². The fourth-order valence-corrected chi connectivity index (χ4v) is 2.84. The predicted octanol–water partition coefficient (Wildman–Crippen LogP) is 2.01. The number of hydrogen-bond donors (Lipinski definition) is 1. The number of hydrogen-bond acceptors (Lipinski definition) is 3. The Kier molecular flexibility index (Phi) is 6.46. The summed E-state index contributed by atoms with van der Waals surface area (Å²) in [6, 6.07) is 0. The Balaban J connectivity index is 2.57. The fraction of sp³-hybridized carbons (Fsp3) is 0.867. The molecule has 1 aliphatic rings. The zero-order valence-corrected chi connectivity index (χ0v) is 13.0. The Hall–Kier alpha value is -1.10. The molecule has 1 fully saturated rings. The summed E-state index contributed by atoms with van der Waals surface area (Å²) in [6.45, 7) is 6.95. The smallest absolute Gasteiger partial charge is 0.307 e. The van der Waals surface area contributed by atoms with Gasteiger partial charge < -0.3 is 14.7 Å². The van der Waals surface area contributed by atoms with Crippen LogP contribution in [0.15, 0.2) is 0 Å². The van der Waals surface area contributed by atoms with Gasteiger partial charge in [0.1, 0.15) is 0 Å². The molecule has 1 unspecified atom stereocenters. The molecule has 0 bridgehead atoms. The first kappa shape index (κ1) is 17.0. The van der Waals surface area contributed by atoms with E-state index >= 15 is 0 Å². The molecule has 5 heteroatoms. The fourth-order valence-electron chi connectivity index (χ4n) is 2.84. The van der Waals surface area contributed by atoms with Gasteiger partial charge in [-0.15, -0.1) is 0 Å². The normalized spacial score (nSPS) is 25.9. The van der Waals surface area contributed by atoms with E-state index in [0.29, 0.717) is 31.9 Å². The molecule has 1 rings (SSSR count). The third-order valence-corrected chi connectivity index (χ3v) is 4.13. The number of nitrogens with zero attached hydrogens (tertiary/aromatic N) is 1. The second kappa shape index (κ2) is 7.62. The lowest BCUT2D eigenvalue weighted by atomic mass is 9.95. The standard InChI is InChI=1S/C15H27NO4/c1-5-11-8-12(13(9-11)15(18)19)14(17)16(4)6-7-20-10(2)3/h10-13H,5-9H2,1-4H3,(H,18,19)/t11?,12-,13+/m0/s1. The summed E-state index contributed by atoms with van der Waals surface area (Å²) < 4.78 is 5.43. The quantitative estimate of drug-likeness (QED) is 0.777. The molecule has 0 aromatic carbocycles. The van der Waals surface area contributed by atoms with Gasteiger partial charge in [-0.2, -0.15) is 0 Å².